The van der Waals surface area contributed by atoms with Crippen molar-refractivity contribution in [3.63, 3.8) is 0 Å². The van der Waals surface area contributed by atoms with Gasteiger partial charge in [0.1, 0.15) is 12.1 Å². The Morgan fingerprint density at radius 1 is 1.11 bits per heavy atom. The van der Waals surface area contributed by atoms with E-state index in [1.54, 1.807) is 18.2 Å². The number of hydrogen-bond donors (Lipinski definition) is 1. The average Bonchev–Trinajstić information content (AvgIpc) is 2.38. The summed E-state index contributed by atoms with van der Waals surface area (Å²) in [6.45, 7) is 4.42. The van der Waals surface area contributed by atoms with Crippen LogP contribution in [-0.4, -0.2) is 6.54 Å². The van der Waals surface area contributed by atoms with E-state index >= 15 is 0 Å². The van der Waals surface area contributed by atoms with E-state index in [1.807, 2.05) is 26.0 Å². The molecule has 90 valence electrons. The molecule has 4 heteroatoms. The fraction of sp³-hybridized carbons (Fsp3) is 0.357. The van der Waals surface area contributed by atoms with Crippen molar-refractivity contribution in [3.05, 3.63) is 29.3 Å². The molecule has 0 saturated carbocycles. The fourth-order valence-corrected chi connectivity index (χ4v) is 1.42. The normalized spacial score (nSPS) is 9.94. The molecular formula is C14H14N4. The first-order valence-electron chi connectivity index (χ1n) is 5.62. The molecule has 0 aliphatic carbocycles. The number of nitrogens with zero attached hydrogens (tertiary/aromatic N) is 3. The molecule has 0 spiro atoms. The predicted molar refractivity (Wildman–Crippen MR) is 68.4 cm³/mol. The molecule has 1 aromatic carbocycles. The lowest BCUT2D eigenvalue weighted by molar-refractivity contribution is 0.466. The van der Waals surface area contributed by atoms with Gasteiger partial charge in [-0.3, -0.25) is 0 Å². The minimum absolute atomic E-state index is 0.363. The Bertz CT molecular complexity index is 553. The Morgan fingerprint density at radius 3 is 2.33 bits per heavy atom. The van der Waals surface area contributed by atoms with Gasteiger partial charge in [-0.1, -0.05) is 0 Å². The maximum Gasteiger partial charge on any atom is 0.101 e. The van der Waals surface area contributed by atoms with Gasteiger partial charge in [-0.15, -0.1) is 0 Å². The highest BCUT2D eigenvalue weighted by molar-refractivity contribution is 5.56. The van der Waals surface area contributed by atoms with Crippen LogP contribution in [0.3, 0.4) is 0 Å². The summed E-state index contributed by atoms with van der Waals surface area (Å²) in [4.78, 5) is 0. The van der Waals surface area contributed by atoms with Crippen molar-refractivity contribution in [1.82, 2.24) is 0 Å². The number of hydrogen-bond acceptors (Lipinski definition) is 4. The zero-order chi connectivity index (χ0) is 13.6. The smallest absolute Gasteiger partial charge is 0.101 e. The molecule has 18 heavy (non-hydrogen) atoms. The van der Waals surface area contributed by atoms with E-state index < -0.39 is 0 Å². The zero-order valence-electron chi connectivity index (χ0n) is 10.5. The summed E-state index contributed by atoms with van der Waals surface area (Å²) in [6, 6.07) is 11.2. The molecule has 0 fully saturated rings. The van der Waals surface area contributed by atoms with Crippen LogP contribution in [0.25, 0.3) is 0 Å². The lowest BCUT2D eigenvalue weighted by atomic mass is 9.91. The molecule has 0 heterocycles. The van der Waals surface area contributed by atoms with Crippen LogP contribution in [0.1, 0.15) is 31.4 Å². The summed E-state index contributed by atoms with van der Waals surface area (Å²) in [5.74, 6) is 0. The molecular weight excluding hydrogens is 224 g/mol. The van der Waals surface area contributed by atoms with Crippen molar-refractivity contribution < 1.29 is 0 Å². The van der Waals surface area contributed by atoms with Gasteiger partial charge in [0.2, 0.25) is 0 Å². The lowest BCUT2D eigenvalue weighted by Gasteiger charge is -2.15. The highest BCUT2D eigenvalue weighted by atomic mass is 14.9. The maximum absolute atomic E-state index is 8.89. The number of nitrogens with one attached hydrogen (secondary N) is 1. The Morgan fingerprint density at radius 2 is 1.78 bits per heavy atom. The van der Waals surface area contributed by atoms with E-state index in [0.29, 0.717) is 24.1 Å². The van der Waals surface area contributed by atoms with Crippen LogP contribution in [0, 0.1) is 39.4 Å². The van der Waals surface area contributed by atoms with Gasteiger partial charge >= 0.3 is 0 Å². The van der Waals surface area contributed by atoms with Gasteiger partial charge in [0.25, 0.3) is 0 Å². The van der Waals surface area contributed by atoms with Crippen molar-refractivity contribution in [1.29, 1.82) is 15.8 Å². The summed E-state index contributed by atoms with van der Waals surface area (Å²) < 4.78 is 0. The number of rotatable bonds is 4. The topological polar surface area (TPSA) is 83.4 Å². The Balaban J connectivity index is 2.69. The number of anilines is 1. The van der Waals surface area contributed by atoms with E-state index in [2.05, 4.69) is 11.4 Å². The molecule has 0 atom stereocenters. The third kappa shape index (κ3) is 3.51. The Kier molecular flexibility index (Phi) is 4.30. The van der Waals surface area contributed by atoms with Crippen LogP contribution >= 0.6 is 0 Å². The molecule has 0 amide bonds. The third-order valence-electron chi connectivity index (χ3n) is 2.64. The summed E-state index contributed by atoms with van der Waals surface area (Å²) in [5.41, 5.74) is 1.17. The van der Waals surface area contributed by atoms with Crippen LogP contribution in [0.4, 0.5) is 5.69 Å². The molecule has 0 bridgehead atoms. The van der Waals surface area contributed by atoms with Gasteiger partial charge in [0.05, 0.1) is 22.6 Å². The van der Waals surface area contributed by atoms with Crippen LogP contribution in [0.2, 0.25) is 0 Å². The second-order valence-electron chi connectivity index (χ2n) is 4.66. The van der Waals surface area contributed by atoms with Crippen molar-refractivity contribution >= 4 is 5.69 Å². The first kappa shape index (κ1) is 13.6. The van der Waals surface area contributed by atoms with Gasteiger partial charge in [0, 0.05) is 12.2 Å². The minimum Gasteiger partial charge on any atom is -0.385 e. The van der Waals surface area contributed by atoms with E-state index in [4.69, 9.17) is 15.8 Å². The standard InChI is InChI=1S/C14H14N4/c1-14(2,10-17)5-6-18-13-4-3-11(8-15)12(7-13)9-16/h3-4,7,18H,5-6H2,1-2H3. The highest BCUT2D eigenvalue weighted by Crippen LogP contribution is 2.19. The second kappa shape index (κ2) is 5.71. The first-order chi connectivity index (χ1) is 8.52. The largest absolute Gasteiger partial charge is 0.385 e. The molecule has 0 radical (unpaired) electrons. The van der Waals surface area contributed by atoms with Gasteiger partial charge in [-0.25, -0.2) is 0 Å². The predicted octanol–water partition coefficient (Wildman–Crippen LogP) is 2.78. The van der Waals surface area contributed by atoms with E-state index in [0.717, 1.165) is 5.69 Å². The third-order valence-corrected chi connectivity index (χ3v) is 2.64. The van der Waals surface area contributed by atoms with Crippen molar-refractivity contribution in [3.8, 4) is 18.2 Å². The highest BCUT2D eigenvalue weighted by Gasteiger charge is 2.15. The van der Waals surface area contributed by atoms with Crippen molar-refractivity contribution in [2.75, 3.05) is 11.9 Å². The molecule has 0 aliphatic rings. The Hall–Kier alpha value is -2.51. The van der Waals surface area contributed by atoms with Crippen molar-refractivity contribution in [2.24, 2.45) is 5.41 Å². The van der Waals surface area contributed by atoms with Crippen LogP contribution in [-0.2, 0) is 0 Å². The first-order valence-corrected chi connectivity index (χ1v) is 5.62. The monoisotopic (exact) mass is 238 g/mol. The molecule has 1 N–H and O–H groups in total. The molecule has 0 aliphatic heterocycles. The lowest BCUT2D eigenvalue weighted by Crippen LogP contribution is -2.14. The minimum atomic E-state index is -0.363. The fourth-order valence-electron chi connectivity index (χ4n) is 1.42. The number of nitriles is 3. The van der Waals surface area contributed by atoms with E-state index in [1.165, 1.54) is 0 Å². The number of benzene rings is 1. The quantitative estimate of drug-likeness (QED) is 0.874. The van der Waals surface area contributed by atoms with Gasteiger partial charge in [-0.2, -0.15) is 15.8 Å². The van der Waals surface area contributed by atoms with Crippen molar-refractivity contribution in [2.45, 2.75) is 20.3 Å². The summed E-state index contributed by atoms with van der Waals surface area (Å²) in [5, 5.41) is 29.7. The average molecular weight is 238 g/mol. The van der Waals surface area contributed by atoms with Gasteiger partial charge in [-0.05, 0) is 38.5 Å². The molecule has 4 nitrogen and oxygen atoms in total. The van der Waals surface area contributed by atoms with E-state index in [9.17, 15) is 0 Å². The molecule has 0 saturated heterocycles. The Labute approximate surface area is 107 Å². The SMILES string of the molecule is CC(C)(C#N)CCNc1ccc(C#N)c(C#N)c1. The van der Waals surface area contributed by atoms with Crippen LogP contribution in [0.15, 0.2) is 18.2 Å². The molecule has 1 aromatic rings. The molecule has 1 rings (SSSR count). The molecule has 0 unspecified atom stereocenters. The maximum atomic E-state index is 8.89. The van der Waals surface area contributed by atoms with Gasteiger partial charge in [0.15, 0.2) is 0 Å². The van der Waals surface area contributed by atoms with Crippen LogP contribution in [0.5, 0.6) is 0 Å². The zero-order valence-corrected chi connectivity index (χ0v) is 10.5. The molecule has 0 aromatic heterocycles. The van der Waals surface area contributed by atoms with Gasteiger partial charge < -0.3 is 5.32 Å². The summed E-state index contributed by atoms with van der Waals surface area (Å²) in [7, 11) is 0. The summed E-state index contributed by atoms with van der Waals surface area (Å²) >= 11 is 0. The summed E-state index contributed by atoms with van der Waals surface area (Å²) in [6.07, 6.45) is 0.714. The second-order valence-corrected chi connectivity index (χ2v) is 4.66. The van der Waals surface area contributed by atoms with Crippen LogP contribution < -0.4 is 5.32 Å². The van der Waals surface area contributed by atoms with E-state index in [-0.39, 0.29) is 5.41 Å².